The van der Waals surface area contributed by atoms with Crippen LogP contribution in [0.1, 0.15) is 11.1 Å². The molecular weight excluding hydrogens is 396 g/mol. The van der Waals surface area contributed by atoms with Gasteiger partial charge in [0.25, 0.3) is 0 Å². The van der Waals surface area contributed by atoms with E-state index < -0.39 is 0 Å². The summed E-state index contributed by atoms with van der Waals surface area (Å²) in [5, 5.41) is 3.50. The van der Waals surface area contributed by atoms with Gasteiger partial charge in [0.2, 0.25) is 5.91 Å². The zero-order valence-electron chi connectivity index (χ0n) is 14.7. The third-order valence-electron chi connectivity index (χ3n) is 3.80. The van der Waals surface area contributed by atoms with Crippen LogP contribution in [-0.2, 0) is 4.79 Å². The van der Waals surface area contributed by atoms with Crippen LogP contribution < -0.4 is 5.32 Å². The van der Waals surface area contributed by atoms with E-state index in [-0.39, 0.29) is 11.7 Å². The minimum atomic E-state index is -0.0944. The predicted molar refractivity (Wildman–Crippen MR) is 114 cm³/mol. The highest BCUT2D eigenvalue weighted by molar-refractivity contribution is 8.01. The number of carbonyl (C=O) groups is 1. The maximum Gasteiger partial charge on any atom is 0.236 e. The number of fused-ring (bicyclic) bond motifs is 1. The number of benzene rings is 2. The lowest BCUT2D eigenvalue weighted by Crippen LogP contribution is -2.13. The number of carbonyl (C=O) groups excluding carboxylic acids is 1. The van der Waals surface area contributed by atoms with Crippen LogP contribution in [-0.4, -0.2) is 26.0 Å². The van der Waals surface area contributed by atoms with Crippen LogP contribution >= 0.6 is 34.6 Å². The van der Waals surface area contributed by atoms with E-state index in [0.29, 0.717) is 11.0 Å². The molecule has 1 N–H and O–H groups in total. The Hall–Kier alpha value is -2.29. The Kier molecular flexibility index (Phi) is 5.20. The summed E-state index contributed by atoms with van der Waals surface area (Å²) in [6.45, 7) is 4.08. The largest absolute Gasteiger partial charge is 0.301 e. The summed E-state index contributed by atoms with van der Waals surface area (Å²) in [6.07, 6.45) is 0. The number of aromatic nitrogens is 3. The number of thiazole rings is 1. The van der Waals surface area contributed by atoms with Gasteiger partial charge in [-0.2, -0.15) is 4.37 Å². The molecule has 0 unspecified atom stereocenters. The Morgan fingerprint density at radius 2 is 1.96 bits per heavy atom. The molecule has 1 amide bonds. The van der Waals surface area contributed by atoms with E-state index in [1.807, 2.05) is 44.2 Å². The molecule has 0 saturated carbocycles. The molecule has 8 heteroatoms. The van der Waals surface area contributed by atoms with Crippen LogP contribution in [0.2, 0.25) is 0 Å². The number of thioether (sulfide) groups is 1. The first-order valence-electron chi connectivity index (χ1n) is 8.27. The van der Waals surface area contributed by atoms with Crippen molar-refractivity contribution in [2.24, 2.45) is 0 Å². The predicted octanol–water partition coefficient (Wildman–Crippen LogP) is 5.16. The lowest BCUT2D eigenvalue weighted by atomic mass is 10.1. The molecule has 27 heavy (non-hydrogen) atoms. The number of anilines is 1. The maximum atomic E-state index is 12.2. The first kappa shape index (κ1) is 18.1. The van der Waals surface area contributed by atoms with Crippen molar-refractivity contribution in [3.05, 3.63) is 53.6 Å². The summed E-state index contributed by atoms with van der Waals surface area (Å²) >= 11 is 4.19. The van der Waals surface area contributed by atoms with E-state index in [4.69, 9.17) is 0 Å². The van der Waals surface area contributed by atoms with Crippen LogP contribution in [0.3, 0.4) is 0 Å². The van der Waals surface area contributed by atoms with Gasteiger partial charge in [-0.15, -0.1) is 0 Å². The molecule has 0 aliphatic heterocycles. The molecule has 2 heterocycles. The van der Waals surface area contributed by atoms with Gasteiger partial charge >= 0.3 is 0 Å². The topological polar surface area (TPSA) is 67.8 Å². The number of hydrogen-bond acceptors (Lipinski definition) is 7. The van der Waals surface area contributed by atoms with Crippen molar-refractivity contribution in [3.63, 3.8) is 0 Å². The molecule has 4 rings (SSSR count). The molecule has 2 aromatic carbocycles. The third-order valence-corrected chi connectivity index (χ3v) is 6.57. The number of nitrogens with zero attached hydrogens (tertiary/aromatic N) is 3. The first-order valence-corrected chi connectivity index (χ1v) is 10.8. The molecular formula is C19H16N4OS3. The number of hydrogen-bond donors (Lipinski definition) is 1. The molecule has 0 aliphatic rings. The zero-order chi connectivity index (χ0) is 18.8. The molecule has 2 aromatic heterocycles. The van der Waals surface area contributed by atoms with Crippen LogP contribution in [0.15, 0.2) is 46.8 Å². The molecule has 4 aromatic rings. The monoisotopic (exact) mass is 412 g/mol. The second kappa shape index (κ2) is 7.75. The van der Waals surface area contributed by atoms with Gasteiger partial charge < -0.3 is 5.32 Å². The van der Waals surface area contributed by atoms with Crippen molar-refractivity contribution in [2.75, 3.05) is 11.1 Å². The van der Waals surface area contributed by atoms with E-state index in [1.54, 1.807) is 0 Å². The molecule has 0 spiro atoms. The average Bonchev–Trinajstić information content (AvgIpc) is 3.26. The highest BCUT2D eigenvalue weighted by Gasteiger charge is 2.12. The van der Waals surface area contributed by atoms with E-state index in [2.05, 4.69) is 31.8 Å². The van der Waals surface area contributed by atoms with Gasteiger partial charge in [-0.25, -0.2) is 9.97 Å². The van der Waals surface area contributed by atoms with Crippen molar-refractivity contribution in [2.45, 2.75) is 18.2 Å². The van der Waals surface area contributed by atoms with Crippen molar-refractivity contribution < 1.29 is 4.79 Å². The van der Waals surface area contributed by atoms with Gasteiger partial charge in [0, 0.05) is 5.56 Å². The Morgan fingerprint density at radius 3 is 2.81 bits per heavy atom. The first-order chi connectivity index (χ1) is 13.1. The van der Waals surface area contributed by atoms with Crippen LogP contribution in [0.4, 0.5) is 5.13 Å². The third kappa shape index (κ3) is 4.35. The second-order valence-electron chi connectivity index (χ2n) is 6.08. The van der Waals surface area contributed by atoms with Gasteiger partial charge in [0.1, 0.15) is 0 Å². The van der Waals surface area contributed by atoms with Crippen LogP contribution in [0.5, 0.6) is 0 Å². The van der Waals surface area contributed by atoms with Gasteiger partial charge in [0.15, 0.2) is 15.3 Å². The summed E-state index contributed by atoms with van der Waals surface area (Å²) in [6, 6.07) is 14.1. The standard InChI is InChI=1S/C19H16N4OS3/c1-11-4-3-5-13(8-11)17-22-19(27-23-17)25-10-16(24)21-18-20-14-7-6-12(2)9-15(14)26-18/h3-9H,10H2,1-2H3,(H,20,21,24). The molecule has 0 fully saturated rings. The maximum absolute atomic E-state index is 12.2. The van der Waals surface area contributed by atoms with Gasteiger partial charge in [-0.05, 0) is 49.1 Å². The fraction of sp³-hybridized carbons (Fsp3) is 0.158. The quantitative estimate of drug-likeness (QED) is 0.459. The van der Waals surface area contributed by atoms with Gasteiger partial charge in [-0.3, -0.25) is 4.79 Å². The highest BCUT2D eigenvalue weighted by atomic mass is 32.2. The Bertz CT molecular complexity index is 1120. The van der Waals surface area contributed by atoms with Crippen LogP contribution in [0, 0.1) is 13.8 Å². The fourth-order valence-corrected chi connectivity index (χ4v) is 4.93. The van der Waals surface area contributed by atoms with E-state index in [0.717, 1.165) is 20.1 Å². The Morgan fingerprint density at radius 1 is 1.11 bits per heavy atom. The summed E-state index contributed by atoms with van der Waals surface area (Å²) in [5.74, 6) is 0.883. The number of nitrogens with one attached hydrogen (secondary N) is 1. The molecule has 0 radical (unpaired) electrons. The Balaban J connectivity index is 1.37. The zero-order valence-corrected chi connectivity index (χ0v) is 17.2. The molecule has 136 valence electrons. The molecule has 0 saturated heterocycles. The van der Waals surface area contributed by atoms with Crippen LogP contribution in [0.25, 0.3) is 21.6 Å². The molecule has 0 bridgehead atoms. The normalized spacial score (nSPS) is 11.0. The number of aryl methyl sites for hydroxylation is 2. The number of rotatable bonds is 5. The van der Waals surface area contributed by atoms with Crippen molar-refractivity contribution in [3.8, 4) is 11.4 Å². The van der Waals surface area contributed by atoms with E-state index >= 15 is 0 Å². The molecule has 0 atom stereocenters. The van der Waals surface area contributed by atoms with Crippen molar-refractivity contribution >= 4 is 55.9 Å². The van der Waals surface area contributed by atoms with Crippen molar-refractivity contribution in [1.82, 2.24) is 14.3 Å². The lowest BCUT2D eigenvalue weighted by Gasteiger charge is -1.99. The molecule has 5 nitrogen and oxygen atoms in total. The minimum absolute atomic E-state index is 0.0944. The fourth-order valence-electron chi connectivity index (χ4n) is 2.54. The lowest BCUT2D eigenvalue weighted by molar-refractivity contribution is -0.113. The van der Waals surface area contributed by atoms with Gasteiger partial charge in [-0.1, -0.05) is 52.9 Å². The van der Waals surface area contributed by atoms with Crippen molar-refractivity contribution in [1.29, 1.82) is 0 Å². The highest BCUT2D eigenvalue weighted by Crippen LogP contribution is 2.28. The smallest absolute Gasteiger partial charge is 0.236 e. The minimum Gasteiger partial charge on any atom is -0.301 e. The summed E-state index contributed by atoms with van der Waals surface area (Å²) < 4.78 is 6.25. The summed E-state index contributed by atoms with van der Waals surface area (Å²) in [4.78, 5) is 21.2. The number of amides is 1. The Labute approximate surface area is 169 Å². The summed E-state index contributed by atoms with van der Waals surface area (Å²) in [7, 11) is 0. The molecule has 0 aliphatic carbocycles. The second-order valence-corrected chi connectivity index (χ2v) is 9.09. The van der Waals surface area contributed by atoms with Gasteiger partial charge in [0.05, 0.1) is 16.0 Å². The SMILES string of the molecule is Cc1cccc(-c2nsc(SCC(=O)Nc3nc4ccc(C)cc4s3)n2)c1. The van der Waals surface area contributed by atoms with E-state index in [9.17, 15) is 4.79 Å². The summed E-state index contributed by atoms with van der Waals surface area (Å²) in [5.41, 5.74) is 4.25. The average molecular weight is 413 g/mol. The van der Waals surface area contributed by atoms with E-state index in [1.165, 1.54) is 45.8 Å².